The first-order valence-electron chi connectivity index (χ1n) is 12.6. The lowest BCUT2D eigenvalue weighted by Crippen LogP contribution is -2.32. The van der Waals surface area contributed by atoms with Gasteiger partial charge in [0.05, 0.1) is 29.0 Å². The van der Waals surface area contributed by atoms with Crippen molar-refractivity contribution in [2.24, 2.45) is 0 Å². The number of pyridine rings is 2. The van der Waals surface area contributed by atoms with Crippen LogP contribution in [0.2, 0.25) is 0 Å². The zero-order valence-corrected chi connectivity index (χ0v) is 22.7. The third-order valence-electron chi connectivity index (χ3n) is 6.44. The number of aliphatic hydroxyl groups is 1. The fourth-order valence-corrected chi connectivity index (χ4v) is 5.17. The van der Waals surface area contributed by atoms with Crippen molar-refractivity contribution in [1.82, 2.24) is 9.55 Å². The molecule has 0 radical (unpaired) electrons. The summed E-state index contributed by atoms with van der Waals surface area (Å²) in [5.41, 5.74) is 4.39. The Morgan fingerprint density at radius 3 is 2.58 bits per heavy atom. The number of hydrogen-bond acceptors (Lipinski definition) is 6. The number of benzene rings is 1. The van der Waals surface area contributed by atoms with Gasteiger partial charge in [0.15, 0.2) is 6.10 Å². The molecule has 2 aliphatic heterocycles. The van der Waals surface area contributed by atoms with E-state index in [1.54, 1.807) is 29.3 Å². The molecule has 0 saturated carbocycles. The summed E-state index contributed by atoms with van der Waals surface area (Å²) < 4.78 is 21.3. The lowest BCUT2D eigenvalue weighted by Gasteiger charge is -2.21. The number of aryl methyl sites for hydroxylation is 1. The number of aliphatic hydroxyl groups excluding tert-OH is 1. The number of fused-ring (bicyclic) bond motifs is 5. The van der Waals surface area contributed by atoms with Gasteiger partial charge in [-0.05, 0) is 61.5 Å². The van der Waals surface area contributed by atoms with Crippen LogP contribution < -0.4 is 5.56 Å². The monoisotopic (exact) mass is 514 g/mol. The molecular formula is C28H35FN2O4S. The van der Waals surface area contributed by atoms with E-state index in [9.17, 15) is 19.1 Å². The topological polar surface area (TPSA) is 81.4 Å². The van der Waals surface area contributed by atoms with E-state index in [1.165, 1.54) is 6.07 Å². The second kappa shape index (κ2) is 12.0. The van der Waals surface area contributed by atoms with Gasteiger partial charge < -0.3 is 14.4 Å². The number of hydrogen-bond donors (Lipinski definition) is 1. The summed E-state index contributed by atoms with van der Waals surface area (Å²) in [6.07, 6.45) is 3.39. The first-order chi connectivity index (χ1) is 17.4. The number of cyclic esters (lactones) is 1. The SMILES string of the molecule is CC.CC.CSCCCCc1c(C)c(F)cc2nc3c(cc12)Cn1c-3cc2c(c1=O)COC(=O)[C@H]2O. The molecule has 1 atom stereocenters. The summed E-state index contributed by atoms with van der Waals surface area (Å²) >= 11 is 1.80. The highest BCUT2D eigenvalue weighted by Crippen LogP contribution is 2.37. The summed E-state index contributed by atoms with van der Waals surface area (Å²) in [7, 11) is 0. The Labute approximate surface area is 215 Å². The van der Waals surface area contributed by atoms with Crippen molar-refractivity contribution >= 4 is 28.6 Å². The van der Waals surface area contributed by atoms with E-state index < -0.39 is 12.1 Å². The van der Waals surface area contributed by atoms with Crippen molar-refractivity contribution in [3.05, 3.63) is 62.2 Å². The fourth-order valence-electron chi connectivity index (χ4n) is 4.68. The van der Waals surface area contributed by atoms with Gasteiger partial charge in [-0.1, -0.05) is 27.7 Å². The molecule has 2 aliphatic rings. The maximum atomic E-state index is 14.7. The van der Waals surface area contributed by atoms with Gasteiger partial charge in [-0.25, -0.2) is 14.2 Å². The molecule has 2 aromatic heterocycles. The number of carbonyl (C=O) groups is 1. The van der Waals surface area contributed by atoms with E-state index in [1.807, 2.05) is 33.8 Å². The average molecular weight is 515 g/mol. The molecule has 0 spiro atoms. The molecule has 0 amide bonds. The van der Waals surface area contributed by atoms with Gasteiger partial charge in [-0.2, -0.15) is 11.8 Å². The highest BCUT2D eigenvalue weighted by molar-refractivity contribution is 7.98. The highest BCUT2D eigenvalue weighted by atomic mass is 32.2. The van der Waals surface area contributed by atoms with Crippen LogP contribution >= 0.6 is 11.8 Å². The van der Waals surface area contributed by atoms with Crippen molar-refractivity contribution in [3.8, 4) is 11.4 Å². The Morgan fingerprint density at radius 1 is 1.17 bits per heavy atom. The number of carbonyl (C=O) groups excluding carboxylic acids is 1. The van der Waals surface area contributed by atoms with Gasteiger partial charge in [0.25, 0.3) is 5.56 Å². The van der Waals surface area contributed by atoms with Gasteiger partial charge in [-0.15, -0.1) is 0 Å². The zero-order chi connectivity index (χ0) is 26.6. The predicted octanol–water partition coefficient (Wildman–Crippen LogP) is 5.70. The molecule has 0 fully saturated rings. The summed E-state index contributed by atoms with van der Waals surface area (Å²) in [6.45, 7) is 9.99. The normalized spacial score (nSPS) is 15.1. The van der Waals surface area contributed by atoms with Crippen LogP contribution in [0.15, 0.2) is 23.0 Å². The van der Waals surface area contributed by atoms with Gasteiger partial charge in [0.2, 0.25) is 0 Å². The molecule has 6 nitrogen and oxygen atoms in total. The highest BCUT2D eigenvalue weighted by Gasteiger charge is 2.33. The minimum absolute atomic E-state index is 0.152. The standard InChI is InChI=1S/C24H23FN2O4S.2C2H6/c1-12-14(5-3-4-6-32-2)15-7-13-10-27-20(21(13)26-19(15)9-18(12)25)8-16-17(23(27)29)11-31-24(30)22(16)28;2*1-2/h7-9,22,28H,3-6,10-11H2,1-2H3;2*1-2H3/t22-;;/m0../s1. The van der Waals surface area contributed by atoms with E-state index in [2.05, 4.69) is 6.26 Å². The molecule has 1 N–H and O–H groups in total. The second-order valence-electron chi connectivity index (χ2n) is 8.34. The number of aromatic nitrogens is 2. The molecule has 5 rings (SSSR count). The molecule has 0 aliphatic carbocycles. The molecule has 4 heterocycles. The van der Waals surface area contributed by atoms with E-state index in [4.69, 9.17) is 9.72 Å². The molecule has 0 unspecified atom stereocenters. The van der Waals surface area contributed by atoms with Gasteiger partial charge in [-0.3, -0.25) is 4.79 Å². The van der Waals surface area contributed by atoms with Crippen molar-refractivity contribution in [3.63, 3.8) is 0 Å². The molecule has 194 valence electrons. The maximum absolute atomic E-state index is 14.7. The summed E-state index contributed by atoms with van der Waals surface area (Å²) in [5, 5.41) is 11.1. The number of thioether (sulfide) groups is 1. The third kappa shape index (κ3) is 4.93. The van der Waals surface area contributed by atoms with E-state index >= 15 is 0 Å². The van der Waals surface area contributed by atoms with Gasteiger partial charge >= 0.3 is 5.97 Å². The van der Waals surface area contributed by atoms with Crippen molar-refractivity contribution in [1.29, 1.82) is 0 Å². The molecule has 0 bridgehead atoms. The average Bonchev–Trinajstić information content (AvgIpc) is 3.25. The first kappa shape index (κ1) is 27.9. The minimum atomic E-state index is -1.49. The van der Waals surface area contributed by atoms with E-state index in [0.29, 0.717) is 29.0 Å². The first-order valence-corrected chi connectivity index (χ1v) is 14.0. The number of nitrogens with zero attached hydrogens (tertiary/aromatic N) is 2. The summed E-state index contributed by atoms with van der Waals surface area (Å²) in [6, 6.07) is 5.10. The molecule has 8 heteroatoms. The second-order valence-corrected chi connectivity index (χ2v) is 9.33. The minimum Gasteiger partial charge on any atom is -0.458 e. The predicted molar refractivity (Wildman–Crippen MR) is 144 cm³/mol. The maximum Gasteiger partial charge on any atom is 0.340 e. The number of ether oxygens (including phenoxy) is 1. The summed E-state index contributed by atoms with van der Waals surface area (Å²) in [5.74, 6) is 0.0139. The van der Waals surface area contributed by atoms with E-state index in [0.717, 1.165) is 41.5 Å². The smallest absolute Gasteiger partial charge is 0.340 e. The van der Waals surface area contributed by atoms with E-state index in [-0.39, 0.29) is 29.1 Å². The number of halogens is 1. The van der Waals surface area contributed by atoms with Crippen LogP contribution in [0.3, 0.4) is 0 Å². The Balaban J connectivity index is 0.000000861. The van der Waals surface area contributed by atoms with Crippen LogP contribution in [0.25, 0.3) is 22.3 Å². The fraction of sp³-hybridized carbons (Fsp3) is 0.464. The van der Waals surface area contributed by atoms with Gasteiger partial charge in [0, 0.05) is 22.6 Å². The number of unbranched alkanes of at least 4 members (excludes halogenated alkanes) is 1. The molecule has 0 saturated heterocycles. The van der Waals surface area contributed by atoms with Crippen LogP contribution in [-0.4, -0.2) is 32.6 Å². The van der Waals surface area contributed by atoms with Crippen LogP contribution in [0.5, 0.6) is 0 Å². The molecular weight excluding hydrogens is 479 g/mol. The molecule has 3 aromatic rings. The Bertz CT molecular complexity index is 1340. The molecule has 36 heavy (non-hydrogen) atoms. The Hall–Kier alpha value is -2.71. The Kier molecular flexibility index (Phi) is 9.30. The van der Waals surface area contributed by atoms with Crippen LogP contribution in [0.4, 0.5) is 4.39 Å². The quantitative estimate of drug-likeness (QED) is 0.272. The van der Waals surface area contributed by atoms with Gasteiger partial charge in [0.1, 0.15) is 12.4 Å². The summed E-state index contributed by atoms with van der Waals surface area (Å²) in [4.78, 5) is 29.6. The van der Waals surface area contributed by atoms with Crippen molar-refractivity contribution in [2.75, 3.05) is 12.0 Å². The molecule has 1 aromatic carbocycles. The number of esters is 1. The Morgan fingerprint density at radius 2 is 1.89 bits per heavy atom. The zero-order valence-electron chi connectivity index (χ0n) is 21.9. The lowest BCUT2D eigenvalue weighted by atomic mass is 9.95. The third-order valence-corrected chi connectivity index (χ3v) is 7.14. The van der Waals surface area contributed by atoms with Crippen LogP contribution in [-0.2, 0) is 29.1 Å². The van der Waals surface area contributed by atoms with Crippen molar-refractivity contribution < 1.29 is 19.0 Å². The van der Waals surface area contributed by atoms with Crippen LogP contribution in [0, 0.1) is 12.7 Å². The van der Waals surface area contributed by atoms with Crippen LogP contribution in [0.1, 0.15) is 74.5 Å². The number of rotatable bonds is 5. The lowest BCUT2D eigenvalue weighted by molar-refractivity contribution is -0.157. The largest absolute Gasteiger partial charge is 0.458 e. The van der Waals surface area contributed by atoms with Crippen molar-refractivity contribution in [2.45, 2.75) is 73.1 Å².